The molecule has 1 saturated heterocycles. The van der Waals surface area contributed by atoms with E-state index in [1.807, 2.05) is 19.2 Å². The summed E-state index contributed by atoms with van der Waals surface area (Å²) in [6.07, 6.45) is 4.98. The van der Waals surface area contributed by atoms with E-state index in [9.17, 15) is 9.18 Å². The van der Waals surface area contributed by atoms with E-state index < -0.39 is 0 Å². The maximum atomic E-state index is 13.1. The van der Waals surface area contributed by atoms with Crippen molar-refractivity contribution in [3.05, 3.63) is 71.9 Å². The zero-order valence-corrected chi connectivity index (χ0v) is 16.7. The van der Waals surface area contributed by atoms with Crippen molar-refractivity contribution in [1.29, 1.82) is 0 Å². The molecule has 5 rings (SSSR count). The van der Waals surface area contributed by atoms with Gasteiger partial charge in [-0.3, -0.25) is 9.79 Å². The standard InChI is InChI=1S/C24H21FN4O/c1-15-21(13-26-15)18-4-7-22-20(12-18)24(28-14-27-22)29-10-8-17(9-11-29)23(30)16-2-5-19(25)6-3-16/h2-7,12-14,17H,8-11H2,1H3. The average Bonchev–Trinajstić information content (AvgIpc) is 2.78. The highest BCUT2D eigenvalue weighted by atomic mass is 19.1. The number of nitrogens with zero attached hydrogens (tertiary/aromatic N) is 4. The van der Waals surface area contributed by atoms with Crippen LogP contribution in [0, 0.1) is 11.7 Å². The first-order valence-electron chi connectivity index (χ1n) is 10.1. The van der Waals surface area contributed by atoms with E-state index >= 15 is 0 Å². The van der Waals surface area contributed by atoms with E-state index in [0.29, 0.717) is 5.56 Å². The number of rotatable bonds is 4. The van der Waals surface area contributed by atoms with Crippen molar-refractivity contribution in [2.24, 2.45) is 10.9 Å². The van der Waals surface area contributed by atoms with Gasteiger partial charge in [0, 0.05) is 47.4 Å². The van der Waals surface area contributed by atoms with Crippen LogP contribution in [0.15, 0.2) is 60.0 Å². The number of fused-ring (bicyclic) bond motifs is 1. The summed E-state index contributed by atoms with van der Waals surface area (Å²) in [4.78, 5) is 28.2. The predicted molar refractivity (Wildman–Crippen MR) is 116 cm³/mol. The number of aromatic nitrogens is 2. The Morgan fingerprint density at radius 3 is 2.50 bits per heavy atom. The molecule has 150 valence electrons. The molecule has 0 N–H and O–H groups in total. The molecule has 0 saturated carbocycles. The maximum Gasteiger partial charge on any atom is 0.166 e. The van der Waals surface area contributed by atoms with Gasteiger partial charge in [-0.15, -0.1) is 0 Å². The molecule has 1 aromatic heterocycles. The molecule has 0 atom stereocenters. The van der Waals surface area contributed by atoms with Crippen LogP contribution < -0.4 is 4.90 Å². The molecule has 6 heteroatoms. The SMILES string of the molecule is CC1=NC=C1c1ccc2ncnc(N3CCC(C(=O)c4ccc(F)cc4)CC3)c2c1. The van der Waals surface area contributed by atoms with Crippen LogP contribution in [0.2, 0.25) is 0 Å². The van der Waals surface area contributed by atoms with E-state index in [-0.39, 0.29) is 17.5 Å². The number of allylic oxidation sites excluding steroid dienone is 1. The smallest absolute Gasteiger partial charge is 0.166 e. The molecule has 3 aromatic rings. The van der Waals surface area contributed by atoms with Gasteiger partial charge in [-0.25, -0.2) is 14.4 Å². The molecule has 30 heavy (non-hydrogen) atoms. The average molecular weight is 400 g/mol. The first kappa shape index (κ1) is 18.6. The number of Topliss-reactive ketones (excluding diaryl/α,β-unsaturated/α-hetero) is 1. The Morgan fingerprint density at radius 1 is 1.07 bits per heavy atom. The number of ketones is 1. The number of carbonyl (C=O) groups is 1. The second-order valence-corrected chi connectivity index (χ2v) is 7.82. The van der Waals surface area contributed by atoms with Crippen molar-refractivity contribution >= 4 is 33.8 Å². The largest absolute Gasteiger partial charge is 0.356 e. The van der Waals surface area contributed by atoms with E-state index in [0.717, 1.165) is 59.5 Å². The maximum absolute atomic E-state index is 13.1. The molecule has 2 aliphatic rings. The molecule has 1 fully saturated rings. The van der Waals surface area contributed by atoms with Gasteiger partial charge in [-0.2, -0.15) is 0 Å². The number of carbonyl (C=O) groups excluding carboxylic acids is 1. The van der Waals surface area contributed by atoms with Gasteiger partial charge >= 0.3 is 0 Å². The zero-order chi connectivity index (χ0) is 20.7. The lowest BCUT2D eigenvalue weighted by Gasteiger charge is -2.32. The molecular weight excluding hydrogens is 379 g/mol. The van der Waals surface area contributed by atoms with Crippen LogP contribution >= 0.6 is 0 Å². The van der Waals surface area contributed by atoms with Gasteiger partial charge in [0.15, 0.2) is 5.78 Å². The van der Waals surface area contributed by atoms with Gasteiger partial charge in [0.2, 0.25) is 0 Å². The Labute approximate surface area is 174 Å². The molecule has 0 bridgehead atoms. The predicted octanol–water partition coefficient (Wildman–Crippen LogP) is 4.68. The van der Waals surface area contributed by atoms with Crippen molar-refractivity contribution in [1.82, 2.24) is 9.97 Å². The third-order valence-corrected chi connectivity index (χ3v) is 6.00. The number of hydrogen-bond donors (Lipinski definition) is 0. The van der Waals surface area contributed by atoms with Crippen LogP contribution in [-0.2, 0) is 0 Å². The van der Waals surface area contributed by atoms with E-state index in [2.05, 4.69) is 32.0 Å². The highest BCUT2D eigenvalue weighted by Gasteiger charge is 2.27. The third kappa shape index (κ3) is 3.28. The minimum atomic E-state index is -0.324. The quantitative estimate of drug-likeness (QED) is 0.597. The highest BCUT2D eigenvalue weighted by molar-refractivity contribution is 6.27. The lowest BCUT2D eigenvalue weighted by atomic mass is 9.88. The second-order valence-electron chi connectivity index (χ2n) is 7.82. The molecule has 0 unspecified atom stereocenters. The van der Waals surface area contributed by atoms with Crippen molar-refractivity contribution < 1.29 is 9.18 Å². The first-order valence-corrected chi connectivity index (χ1v) is 10.1. The fraction of sp³-hybridized carbons (Fsp3) is 0.250. The highest BCUT2D eigenvalue weighted by Crippen LogP contribution is 2.32. The number of halogens is 1. The first-order chi connectivity index (χ1) is 14.6. The van der Waals surface area contributed by atoms with Gasteiger partial charge in [0.05, 0.1) is 5.52 Å². The molecule has 3 heterocycles. The van der Waals surface area contributed by atoms with Gasteiger partial charge in [0.25, 0.3) is 0 Å². The fourth-order valence-electron chi connectivity index (χ4n) is 4.21. The Morgan fingerprint density at radius 2 is 1.83 bits per heavy atom. The number of piperidine rings is 1. The molecule has 0 spiro atoms. The van der Waals surface area contributed by atoms with E-state index in [1.54, 1.807) is 18.5 Å². The van der Waals surface area contributed by atoms with Crippen LogP contribution in [0.4, 0.5) is 10.2 Å². The van der Waals surface area contributed by atoms with Gasteiger partial charge in [-0.05, 0) is 61.7 Å². The molecule has 0 aliphatic carbocycles. The van der Waals surface area contributed by atoms with Gasteiger partial charge in [0.1, 0.15) is 18.0 Å². The van der Waals surface area contributed by atoms with Gasteiger partial charge in [-0.1, -0.05) is 6.07 Å². The number of anilines is 1. The molecule has 2 aliphatic heterocycles. The Hall–Kier alpha value is -3.41. The summed E-state index contributed by atoms with van der Waals surface area (Å²) in [6.45, 7) is 3.50. The number of benzene rings is 2. The molecule has 5 nitrogen and oxygen atoms in total. The van der Waals surface area contributed by atoms with Crippen LogP contribution in [-0.4, -0.2) is 34.6 Å². The van der Waals surface area contributed by atoms with Crippen LogP contribution in [0.25, 0.3) is 16.5 Å². The molecular formula is C24H21FN4O. The number of hydrogen-bond acceptors (Lipinski definition) is 5. The molecule has 0 amide bonds. The normalized spacial score (nSPS) is 16.8. The Kier molecular flexibility index (Phi) is 4.62. The molecule has 0 radical (unpaired) electrons. The van der Waals surface area contributed by atoms with Crippen LogP contribution in [0.1, 0.15) is 35.7 Å². The fourth-order valence-corrected chi connectivity index (χ4v) is 4.21. The Balaban J connectivity index is 1.36. The van der Waals surface area contributed by atoms with Crippen molar-refractivity contribution in [2.75, 3.05) is 18.0 Å². The summed E-state index contributed by atoms with van der Waals surface area (Å²) < 4.78 is 13.1. The Bertz CT molecular complexity index is 1190. The van der Waals surface area contributed by atoms with Gasteiger partial charge < -0.3 is 4.90 Å². The topological polar surface area (TPSA) is 58.5 Å². The van der Waals surface area contributed by atoms with Crippen LogP contribution in [0.3, 0.4) is 0 Å². The monoisotopic (exact) mass is 400 g/mol. The number of aliphatic imine (C=N–C) groups is 1. The summed E-state index contributed by atoms with van der Waals surface area (Å²) in [6, 6.07) is 12.1. The second kappa shape index (κ2) is 7.44. The lowest BCUT2D eigenvalue weighted by Crippen LogP contribution is -2.37. The third-order valence-electron chi connectivity index (χ3n) is 6.00. The van der Waals surface area contributed by atoms with E-state index in [4.69, 9.17) is 0 Å². The minimum absolute atomic E-state index is 0.0469. The van der Waals surface area contributed by atoms with Crippen molar-refractivity contribution in [3.63, 3.8) is 0 Å². The van der Waals surface area contributed by atoms with E-state index in [1.165, 1.54) is 12.1 Å². The van der Waals surface area contributed by atoms with Crippen LogP contribution in [0.5, 0.6) is 0 Å². The summed E-state index contributed by atoms with van der Waals surface area (Å²) in [5.74, 6) is 0.630. The summed E-state index contributed by atoms with van der Waals surface area (Å²) in [5, 5.41) is 1.01. The van der Waals surface area contributed by atoms with Crippen molar-refractivity contribution in [3.8, 4) is 0 Å². The minimum Gasteiger partial charge on any atom is -0.356 e. The summed E-state index contributed by atoms with van der Waals surface area (Å²) in [5.41, 5.74) is 4.79. The summed E-state index contributed by atoms with van der Waals surface area (Å²) >= 11 is 0. The molecule has 2 aromatic carbocycles. The lowest BCUT2D eigenvalue weighted by molar-refractivity contribution is 0.0900. The zero-order valence-electron chi connectivity index (χ0n) is 16.7. The summed E-state index contributed by atoms with van der Waals surface area (Å²) in [7, 11) is 0. The van der Waals surface area contributed by atoms with Crippen molar-refractivity contribution in [2.45, 2.75) is 19.8 Å².